The Hall–Kier alpha value is -0.390. The molecule has 2 nitrogen and oxygen atoms in total. The molecule has 0 aliphatic rings. The van der Waals surface area contributed by atoms with Gasteiger partial charge < -0.3 is 5.32 Å². The molecule has 0 atom stereocenters. The van der Waals surface area contributed by atoms with Gasteiger partial charge in [-0.25, -0.2) is 4.98 Å². The van der Waals surface area contributed by atoms with Crippen molar-refractivity contribution in [1.29, 1.82) is 0 Å². The zero-order valence-electron chi connectivity index (χ0n) is 7.00. The van der Waals surface area contributed by atoms with E-state index in [0.717, 1.165) is 20.5 Å². The average Bonchev–Trinajstić information content (AvgIpc) is 2.62. The van der Waals surface area contributed by atoms with Gasteiger partial charge in [0.05, 0.1) is 10.2 Å². The first-order chi connectivity index (χ1) is 6.75. The molecule has 2 rings (SSSR count). The summed E-state index contributed by atoms with van der Waals surface area (Å²) in [7, 11) is 0. The van der Waals surface area contributed by atoms with Crippen molar-refractivity contribution in [3.8, 4) is 0 Å². The van der Waals surface area contributed by atoms with Crippen LogP contribution in [0.4, 0.5) is 11.5 Å². The van der Waals surface area contributed by atoms with Gasteiger partial charge in [0.1, 0.15) is 5.82 Å². The maximum absolute atomic E-state index is 4.25. The summed E-state index contributed by atoms with van der Waals surface area (Å²) in [5, 5.41) is 7.27. The number of nitrogens with one attached hydrogen (secondary N) is 1. The highest BCUT2D eigenvalue weighted by atomic mass is 79.9. The Morgan fingerprint density at radius 1 is 1.36 bits per heavy atom. The van der Waals surface area contributed by atoms with E-state index in [1.165, 1.54) is 0 Å². The number of rotatable bonds is 2. The Kier molecular flexibility index (Phi) is 3.20. The topological polar surface area (TPSA) is 24.9 Å². The summed E-state index contributed by atoms with van der Waals surface area (Å²) in [5.41, 5.74) is 1.06. The van der Waals surface area contributed by atoms with Crippen LogP contribution in [0, 0.1) is 0 Å². The van der Waals surface area contributed by atoms with Gasteiger partial charge in [-0.15, -0.1) is 0 Å². The Bertz CT molecular complexity index is 428. The molecule has 0 aliphatic carbocycles. The molecule has 14 heavy (non-hydrogen) atoms. The predicted octanol–water partition coefficient (Wildman–Crippen LogP) is 4.41. The van der Waals surface area contributed by atoms with Crippen LogP contribution in [0.1, 0.15) is 0 Å². The highest BCUT2D eigenvalue weighted by Gasteiger charge is 2.02. The SMILES string of the molecule is Brc1cnc(Nc2ccsc2)c(Br)c1. The molecular formula is C9H6Br2N2S. The molecule has 0 bridgehead atoms. The van der Waals surface area contributed by atoms with Crippen molar-refractivity contribution in [1.82, 2.24) is 4.98 Å². The van der Waals surface area contributed by atoms with Crippen LogP contribution in [0.2, 0.25) is 0 Å². The molecular weight excluding hydrogens is 328 g/mol. The number of hydrogen-bond acceptors (Lipinski definition) is 3. The number of hydrogen-bond donors (Lipinski definition) is 1. The summed E-state index contributed by atoms with van der Waals surface area (Å²) in [4.78, 5) is 4.25. The smallest absolute Gasteiger partial charge is 0.144 e. The van der Waals surface area contributed by atoms with Gasteiger partial charge in [0.25, 0.3) is 0 Å². The van der Waals surface area contributed by atoms with Crippen LogP contribution < -0.4 is 5.32 Å². The molecule has 0 fully saturated rings. The van der Waals surface area contributed by atoms with E-state index in [2.05, 4.69) is 42.2 Å². The van der Waals surface area contributed by atoms with Crippen molar-refractivity contribution >= 4 is 54.7 Å². The third-order valence-corrected chi connectivity index (χ3v) is 3.31. The van der Waals surface area contributed by atoms with Crippen LogP contribution in [0.3, 0.4) is 0 Å². The molecule has 2 aromatic heterocycles. The monoisotopic (exact) mass is 332 g/mol. The Balaban J connectivity index is 2.25. The number of nitrogens with zero attached hydrogens (tertiary/aromatic N) is 1. The number of halogens is 2. The summed E-state index contributed by atoms with van der Waals surface area (Å²) < 4.78 is 1.90. The van der Waals surface area contributed by atoms with Crippen LogP contribution >= 0.6 is 43.2 Å². The van der Waals surface area contributed by atoms with Crippen LogP contribution in [0.25, 0.3) is 0 Å². The van der Waals surface area contributed by atoms with E-state index in [1.54, 1.807) is 17.5 Å². The minimum atomic E-state index is 0.826. The highest BCUT2D eigenvalue weighted by Crippen LogP contribution is 2.26. The second kappa shape index (κ2) is 4.42. The lowest BCUT2D eigenvalue weighted by molar-refractivity contribution is 1.28. The minimum Gasteiger partial charge on any atom is -0.339 e. The summed E-state index contributed by atoms with van der Waals surface area (Å²) >= 11 is 8.45. The molecule has 72 valence electrons. The largest absolute Gasteiger partial charge is 0.339 e. The quantitative estimate of drug-likeness (QED) is 0.880. The van der Waals surface area contributed by atoms with E-state index in [0.29, 0.717) is 0 Å². The molecule has 0 aliphatic heterocycles. The van der Waals surface area contributed by atoms with Gasteiger partial charge in [0, 0.05) is 16.0 Å². The van der Waals surface area contributed by atoms with E-state index in [9.17, 15) is 0 Å². The lowest BCUT2D eigenvalue weighted by Gasteiger charge is -2.05. The van der Waals surface area contributed by atoms with Gasteiger partial charge in [-0.1, -0.05) is 0 Å². The van der Waals surface area contributed by atoms with Gasteiger partial charge in [-0.3, -0.25) is 0 Å². The summed E-state index contributed by atoms with van der Waals surface area (Å²) in [6.07, 6.45) is 1.76. The van der Waals surface area contributed by atoms with Crippen molar-refractivity contribution in [3.05, 3.63) is 38.0 Å². The standard InChI is InChI=1S/C9H6Br2N2S/c10-6-3-8(11)9(12-4-6)13-7-1-2-14-5-7/h1-5H,(H,12,13). The van der Waals surface area contributed by atoms with Crippen LogP contribution in [-0.4, -0.2) is 4.98 Å². The predicted molar refractivity (Wildman–Crippen MR) is 67.2 cm³/mol. The zero-order valence-corrected chi connectivity index (χ0v) is 11.0. The molecule has 0 saturated carbocycles. The first-order valence-corrected chi connectivity index (χ1v) is 6.39. The summed E-state index contributed by atoms with van der Waals surface area (Å²) in [6, 6.07) is 3.97. The molecule has 0 amide bonds. The number of thiophene rings is 1. The van der Waals surface area contributed by atoms with Crippen molar-refractivity contribution < 1.29 is 0 Å². The first-order valence-electron chi connectivity index (χ1n) is 3.86. The fourth-order valence-corrected chi connectivity index (χ4v) is 2.65. The second-order valence-electron chi connectivity index (χ2n) is 2.62. The lowest BCUT2D eigenvalue weighted by atomic mass is 10.4. The fraction of sp³-hybridized carbons (Fsp3) is 0. The molecule has 0 spiro atoms. The van der Waals surface area contributed by atoms with Crippen molar-refractivity contribution in [2.24, 2.45) is 0 Å². The Labute approximate surface area is 103 Å². The van der Waals surface area contributed by atoms with E-state index in [1.807, 2.05) is 22.9 Å². The van der Waals surface area contributed by atoms with Crippen molar-refractivity contribution in [2.45, 2.75) is 0 Å². The maximum Gasteiger partial charge on any atom is 0.144 e. The normalized spacial score (nSPS) is 10.1. The van der Waals surface area contributed by atoms with E-state index in [4.69, 9.17) is 0 Å². The molecule has 2 heterocycles. The van der Waals surface area contributed by atoms with E-state index in [-0.39, 0.29) is 0 Å². The zero-order chi connectivity index (χ0) is 9.97. The average molecular weight is 334 g/mol. The minimum absolute atomic E-state index is 0.826. The van der Waals surface area contributed by atoms with Gasteiger partial charge >= 0.3 is 0 Å². The molecule has 2 aromatic rings. The van der Waals surface area contributed by atoms with Gasteiger partial charge in [0.2, 0.25) is 0 Å². The highest BCUT2D eigenvalue weighted by molar-refractivity contribution is 9.11. The molecule has 5 heteroatoms. The van der Waals surface area contributed by atoms with E-state index < -0.39 is 0 Å². The van der Waals surface area contributed by atoms with Gasteiger partial charge in [0.15, 0.2) is 0 Å². The Morgan fingerprint density at radius 2 is 2.21 bits per heavy atom. The number of aromatic nitrogens is 1. The van der Waals surface area contributed by atoms with E-state index >= 15 is 0 Å². The maximum atomic E-state index is 4.25. The molecule has 0 aromatic carbocycles. The number of anilines is 2. The molecule has 0 radical (unpaired) electrons. The first kappa shape index (κ1) is 10.1. The number of pyridine rings is 1. The van der Waals surface area contributed by atoms with Crippen LogP contribution in [-0.2, 0) is 0 Å². The summed E-state index contributed by atoms with van der Waals surface area (Å²) in [6.45, 7) is 0. The third-order valence-electron chi connectivity index (χ3n) is 1.59. The second-order valence-corrected chi connectivity index (χ2v) is 5.17. The van der Waals surface area contributed by atoms with Crippen LogP contribution in [0.15, 0.2) is 38.0 Å². The van der Waals surface area contributed by atoms with Crippen molar-refractivity contribution in [3.63, 3.8) is 0 Å². The van der Waals surface area contributed by atoms with Gasteiger partial charge in [-0.05, 0) is 49.4 Å². The third kappa shape index (κ3) is 2.34. The molecule has 0 saturated heterocycles. The lowest BCUT2D eigenvalue weighted by Crippen LogP contribution is -1.92. The Morgan fingerprint density at radius 3 is 2.86 bits per heavy atom. The fourth-order valence-electron chi connectivity index (χ4n) is 0.979. The molecule has 0 unspecified atom stereocenters. The molecule has 1 N–H and O–H groups in total. The van der Waals surface area contributed by atoms with Crippen LogP contribution in [0.5, 0.6) is 0 Å². The van der Waals surface area contributed by atoms with Gasteiger partial charge in [-0.2, -0.15) is 11.3 Å². The van der Waals surface area contributed by atoms with Crippen molar-refractivity contribution in [2.75, 3.05) is 5.32 Å². The summed E-state index contributed by atoms with van der Waals surface area (Å²) in [5.74, 6) is 0.826.